The van der Waals surface area contributed by atoms with Gasteiger partial charge in [-0.1, -0.05) is 27.7 Å². The molecule has 28 heavy (non-hydrogen) atoms. The van der Waals surface area contributed by atoms with Crippen molar-refractivity contribution in [1.82, 2.24) is 0 Å². The lowest BCUT2D eigenvalue weighted by molar-refractivity contribution is 0.280. The van der Waals surface area contributed by atoms with E-state index in [-0.39, 0.29) is 5.69 Å². The first-order valence-electron chi connectivity index (χ1n) is 9.93. The fraction of sp³-hybridized carbons (Fsp3) is 0.478. The largest absolute Gasteiger partial charge is 0.503 e. The lowest BCUT2D eigenvalue weighted by Crippen LogP contribution is -2.37. The maximum Gasteiger partial charge on any atom is 0.191 e. The summed E-state index contributed by atoms with van der Waals surface area (Å²) in [5.41, 5.74) is 2.86. The molecule has 2 aromatic carbocycles. The Labute approximate surface area is 165 Å². The summed E-state index contributed by atoms with van der Waals surface area (Å²) in [5, 5.41) is 9.78. The van der Waals surface area contributed by atoms with Crippen LogP contribution in [0.3, 0.4) is 0 Å². The van der Waals surface area contributed by atoms with Crippen LogP contribution in [-0.4, -0.2) is 24.7 Å². The van der Waals surface area contributed by atoms with Gasteiger partial charge in [0.1, 0.15) is 0 Å². The maximum atomic E-state index is 14.7. The number of anilines is 3. The molecule has 5 heteroatoms. The SMILES string of the molecule is CC1(C)CCN(c2ccc(N3CC(C)(C)c4cc(F)c(O)c(F)c43)cc2)CC1. The first-order valence-corrected chi connectivity index (χ1v) is 9.93. The van der Waals surface area contributed by atoms with Crippen LogP contribution in [0, 0.1) is 17.0 Å². The fourth-order valence-electron chi connectivity index (χ4n) is 4.37. The van der Waals surface area contributed by atoms with E-state index in [4.69, 9.17) is 0 Å². The first kappa shape index (κ1) is 19.0. The molecule has 1 N–H and O–H groups in total. The average molecular weight is 386 g/mol. The minimum absolute atomic E-state index is 0.274. The van der Waals surface area contributed by atoms with Crippen LogP contribution in [-0.2, 0) is 5.41 Å². The van der Waals surface area contributed by atoms with Gasteiger partial charge in [0.05, 0.1) is 5.69 Å². The number of fused-ring (bicyclic) bond motifs is 1. The molecular weight excluding hydrogens is 358 g/mol. The minimum Gasteiger partial charge on any atom is -0.503 e. The van der Waals surface area contributed by atoms with Crippen molar-refractivity contribution in [3.63, 3.8) is 0 Å². The van der Waals surface area contributed by atoms with E-state index < -0.39 is 22.8 Å². The van der Waals surface area contributed by atoms with Crippen LogP contribution in [0.2, 0.25) is 0 Å². The third-order valence-electron chi connectivity index (χ3n) is 6.36. The smallest absolute Gasteiger partial charge is 0.191 e. The standard InChI is InChI=1S/C23H28F2N2O/c1-22(2)9-11-26(12-10-22)15-5-7-16(8-6-15)27-14-23(3,4)17-13-18(24)21(28)19(25)20(17)27/h5-8,13,28H,9-12,14H2,1-4H3. The zero-order valence-electron chi connectivity index (χ0n) is 17.0. The van der Waals surface area contributed by atoms with E-state index in [9.17, 15) is 13.9 Å². The van der Waals surface area contributed by atoms with E-state index in [0.717, 1.165) is 18.8 Å². The van der Waals surface area contributed by atoms with E-state index in [1.165, 1.54) is 24.6 Å². The lowest BCUT2D eigenvalue weighted by atomic mass is 9.82. The molecular formula is C23H28F2N2O. The van der Waals surface area contributed by atoms with Gasteiger partial charge >= 0.3 is 0 Å². The fourth-order valence-corrected chi connectivity index (χ4v) is 4.37. The highest BCUT2D eigenvalue weighted by atomic mass is 19.1. The molecule has 150 valence electrons. The van der Waals surface area contributed by atoms with Gasteiger partial charge in [-0.05, 0) is 54.2 Å². The predicted molar refractivity (Wildman–Crippen MR) is 110 cm³/mol. The van der Waals surface area contributed by atoms with E-state index in [1.807, 2.05) is 30.9 Å². The summed E-state index contributed by atoms with van der Waals surface area (Å²) in [6, 6.07) is 9.37. The van der Waals surface area contributed by atoms with Gasteiger partial charge in [0, 0.05) is 36.4 Å². The number of nitrogens with zero attached hydrogens (tertiary/aromatic N) is 2. The predicted octanol–water partition coefficient (Wildman–Crippen LogP) is 5.73. The molecule has 2 aromatic rings. The van der Waals surface area contributed by atoms with Crippen LogP contribution in [0.25, 0.3) is 0 Å². The molecule has 0 aromatic heterocycles. The van der Waals surface area contributed by atoms with Gasteiger partial charge in [-0.2, -0.15) is 0 Å². The molecule has 0 atom stereocenters. The van der Waals surface area contributed by atoms with E-state index in [2.05, 4.69) is 30.9 Å². The van der Waals surface area contributed by atoms with Crippen molar-refractivity contribution in [2.24, 2.45) is 5.41 Å². The molecule has 1 fully saturated rings. The second-order valence-electron chi connectivity index (χ2n) is 9.55. The summed E-state index contributed by atoms with van der Waals surface area (Å²) in [7, 11) is 0. The second kappa shape index (κ2) is 6.36. The van der Waals surface area contributed by atoms with E-state index in [0.29, 0.717) is 17.5 Å². The lowest BCUT2D eigenvalue weighted by Gasteiger charge is -2.38. The molecule has 0 bridgehead atoms. The van der Waals surface area contributed by atoms with Gasteiger partial charge in [-0.25, -0.2) is 8.78 Å². The molecule has 3 nitrogen and oxygen atoms in total. The normalized spacial score (nSPS) is 20.4. The Morgan fingerprint density at radius 2 is 1.50 bits per heavy atom. The van der Waals surface area contributed by atoms with Crippen LogP contribution in [0.4, 0.5) is 25.8 Å². The van der Waals surface area contributed by atoms with Crippen molar-refractivity contribution in [1.29, 1.82) is 0 Å². The maximum absolute atomic E-state index is 14.7. The van der Waals surface area contributed by atoms with Crippen LogP contribution < -0.4 is 9.80 Å². The Bertz CT molecular complexity index is 896. The number of rotatable bonds is 2. The first-order chi connectivity index (χ1) is 13.1. The summed E-state index contributed by atoms with van der Waals surface area (Å²) in [6.45, 7) is 11.2. The van der Waals surface area contributed by atoms with Crippen molar-refractivity contribution in [3.05, 3.63) is 47.5 Å². The number of halogens is 2. The number of piperidine rings is 1. The Morgan fingerprint density at radius 1 is 0.929 bits per heavy atom. The van der Waals surface area contributed by atoms with Crippen LogP contribution in [0.15, 0.2) is 30.3 Å². The van der Waals surface area contributed by atoms with Crippen LogP contribution >= 0.6 is 0 Å². The molecule has 2 heterocycles. The number of hydrogen-bond acceptors (Lipinski definition) is 3. The van der Waals surface area contributed by atoms with E-state index in [1.54, 1.807) is 0 Å². The highest BCUT2D eigenvalue weighted by Crippen LogP contribution is 2.48. The topological polar surface area (TPSA) is 26.7 Å². The summed E-state index contributed by atoms with van der Waals surface area (Å²) in [6.07, 6.45) is 2.33. The Hall–Kier alpha value is -2.30. The molecule has 2 aliphatic rings. The molecule has 0 saturated carbocycles. The van der Waals surface area contributed by atoms with Crippen LogP contribution in [0.1, 0.15) is 46.1 Å². The molecule has 0 aliphatic carbocycles. The van der Waals surface area contributed by atoms with E-state index >= 15 is 0 Å². The summed E-state index contributed by atoms with van der Waals surface area (Å²) < 4.78 is 28.7. The zero-order valence-corrected chi connectivity index (χ0v) is 17.0. The molecule has 0 spiro atoms. The Morgan fingerprint density at radius 3 is 2.11 bits per heavy atom. The van der Waals surface area contributed by atoms with Gasteiger partial charge in [-0.3, -0.25) is 0 Å². The molecule has 0 amide bonds. The number of phenols is 1. The van der Waals surface area contributed by atoms with Gasteiger partial charge < -0.3 is 14.9 Å². The highest BCUT2D eigenvalue weighted by Gasteiger charge is 2.40. The zero-order chi connectivity index (χ0) is 20.3. The quantitative estimate of drug-likeness (QED) is 0.714. The highest BCUT2D eigenvalue weighted by molar-refractivity contribution is 5.75. The average Bonchev–Trinajstić information content (AvgIpc) is 2.91. The number of aromatic hydroxyl groups is 1. The number of benzene rings is 2. The molecule has 0 unspecified atom stereocenters. The minimum atomic E-state index is -0.908. The molecule has 4 rings (SSSR count). The third kappa shape index (κ3) is 3.11. The van der Waals surface area contributed by atoms with Crippen molar-refractivity contribution in [2.45, 2.75) is 46.0 Å². The number of hydrogen-bond donors (Lipinski definition) is 1. The van der Waals surface area contributed by atoms with Crippen LogP contribution in [0.5, 0.6) is 5.75 Å². The summed E-state index contributed by atoms with van der Waals surface area (Å²) in [4.78, 5) is 4.23. The summed E-state index contributed by atoms with van der Waals surface area (Å²) >= 11 is 0. The monoisotopic (exact) mass is 386 g/mol. The van der Waals surface area contributed by atoms with Crippen molar-refractivity contribution in [2.75, 3.05) is 29.4 Å². The van der Waals surface area contributed by atoms with Gasteiger partial charge in [0.25, 0.3) is 0 Å². The Balaban J connectivity index is 1.64. The second-order valence-corrected chi connectivity index (χ2v) is 9.55. The van der Waals surface area contributed by atoms with Gasteiger partial charge in [0.2, 0.25) is 0 Å². The Kier molecular flexibility index (Phi) is 4.32. The molecule has 1 saturated heterocycles. The molecule has 2 aliphatic heterocycles. The van der Waals surface area contributed by atoms with Gasteiger partial charge in [0.15, 0.2) is 17.4 Å². The van der Waals surface area contributed by atoms with Crippen molar-refractivity contribution < 1.29 is 13.9 Å². The molecule has 0 radical (unpaired) electrons. The third-order valence-corrected chi connectivity index (χ3v) is 6.36. The van der Waals surface area contributed by atoms with Crippen molar-refractivity contribution in [3.8, 4) is 5.75 Å². The number of phenolic OH excluding ortho intramolecular Hbond substituents is 1. The van der Waals surface area contributed by atoms with Crippen molar-refractivity contribution >= 4 is 17.1 Å². The summed E-state index contributed by atoms with van der Waals surface area (Å²) in [5.74, 6) is -2.70. The van der Waals surface area contributed by atoms with Gasteiger partial charge in [-0.15, -0.1) is 0 Å².